The summed E-state index contributed by atoms with van der Waals surface area (Å²) in [6.07, 6.45) is -1.77. The largest absolute Gasteiger partial charge is 0.416 e. The Labute approximate surface area is 108 Å². The van der Waals surface area contributed by atoms with Gasteiger partial charge in [-0.1, -0.05) is 0 Å². The third-order valence-corrected chi connectivity index (χ3v) is 2.47. The number of halogens is 3. The molecule has 0 aliphatic carbocycles. The molecule has 1 aromatic rings. The molecule has 1 rings (SSSR count). The second kappa shape index (κ2) is 5.75. The average Bonchev–Trinajstić information content (AvgIpc) is 2.34. The monoisotopic (exact) mass is 273 g/mol. The van der Waals surface area contributed by atoms with Crippen LogP contribution >= 0.6 is 0 Å². The number of nitrogens with one attached hydrogen (secondary N) is 1. The molecule has 7 heteroatoms. The third-order valence-electron chi connectivity index (χ3n) is 2.47. The number of carbonyl (C=O) groups is 1. The molecule has 0 radical (unpaired) electrons. The Morgan fingerprint density at radius 1 is 1.42 bits per heavy atom. The summed E-state index contributed by atoms with van der Waals surface area (Å²) >= 11 is 0. The molecule has 0 spiro atoms. The lowest BCUT2D eigenvalue weighted by atomic mass is 9.97. The predicted molar refractivity (Wildman–Crippen MR) is 65.1 cm³/mol. The van der Waals surface area contributed by atoms with Gasteiger partial charge in [-0.15, -0.1) is 0 Å². The lowest BCUT2D eigenvalue weighted by molar-refractivity contribution is -0.138. The minimum Gasteiger partial charge on any atom is -0.394 e. The van der Waals surface area contributed by atoms with Crippen molar-refractivity contribution in [2.45, 2.75) is 12.2 Å². The predicted octanol–water partition coefficient (Wildman–Crippen LogP) is 1.54. The maximum absolute atomic E-state index is 12.9. The molecule has 4 nitrogen and oxygen atoms in total. The summed E-state index contributed by atoms with van der Waals surface area (Å²) in [6.45, 7) is 0. The van der Waals surface area contributed by atoms with Crippen LogP contribution in [0.15, 0.2) is 30.5 Å². The van der Waals surface area contributed by atoms with Crippen molar-refractivity contribution in [2.75, 3.05) is 7.05 Å². The van der Waals surface area contributed by atoms with Gasteiger partial charge in [0.1, 0.15) is 0 Å². The average molecular weight is 273 g/mol. The molecule has 0 fully saturated rings. The minimum atomic E-state index is -4.55. The van der Waals surface area contributed by atoms with Crippen LogP contribution in [0.25, 0.3) is 0 Å². The first-order chi connectivity index (χ1) is 8.77. The van der Waals surface area contributed by atoms with Gasteiger partial charge in [-0.25, -0.2) is 0 Å². The van der Waals surface area contributed by atoms with Gasteiger partial charge < -0.3 is 16.8 Å². The maximum atomic E-state index is 12.9. The van der Waals surface area contributed by atoms with Gasteiger partial charge in [0.05, 0.1) is 11.6 Å². The van der Waals surface area contributed by atoms with E-state index in [4.69, 9.17) is 11.5 Å². The van der Waals surface area contributed by atoms with E-state index in [2.05, 4.69) is 5.32 Å². The Kier molecular flexibility index (Phi) is 4.55. The molecule has 1 aromatic carbocycles. The van der Waals surface area contributed by atoms with E-state index < -0.39 is 23.7 Å². The van der Waals surface area contributed by atoms with Gasteiger partial charge in [-0.3, -0.25) is 4.79 Å². The molecule has 104 valence electrons. The second-order valence-electron chi connectivity index (χ2n) is 3.84. The van der Waals surface area contributed by atoms with Gasteiger partial charge in [-0.05, 0) is 36.0 Å². The van der Waals surface area contributed by atoms with Gasteiger partial charge in [0.15, 0.2) is 0 Å². The summed E-state index contributed by atoms with van der Waals surface area (Å²) in [6, 6.07) is 1.91. The molecule has 19 heavy (non-hydrogen) atoms. The number of rotatable bonds is 4. The summed E-state index contributed by atoms with van der Waals surface area (Å²) in [5, 5.41) is 2.63. The highest BCUT2D eigenvalue weighted by atomic mass is 19.4. The topological polar surface area (TPSA) is 81.1 Å². The molecular weight excluding hydrogens is 259 g/mol. The highest BCUT2D eigenvalue weighted by molar-refractivity contribution is 5.93. The molecule has 0 aromatic heterocycles. The van der Waals surface area contributed by atoms with E-state index in [1.165, 1.54) is 12.3 Å². The minimum absolute atomic E-state index is 0.0173. The third kappa shape index (κ3) is 3.72. The second-order valence-corrected chi connectivity index (χ2v) is 3.84. The Balaban J connectivity index is 3.33. The lowest BCUT2D eigenvalue weighted by Crippen LogP contribution is -2.19. The lowest BCUT2D eigenvalue weighted by Gasteiger charge is -2.16. The van der Waals surface area contributed by atoms with Crippen molar-refractivity contribution in [1.29, 1.82) is 0 Å². The number of hydrogen-bond donors (Lipinski definition) is 3. The maximum Gasteiger partial charge on any atom is 0.416 e. The fourth-order valence-electron chi connectivity index (χ4n) is 1.55. The van der Waals surface area contributed by atoms with E-state index in [-0.39, 0.29) is 11.1 Å². The first kappa shape index (κ1) is 15.0. The highest BCUT2D eigenvalue weighted by Gasteiger charge is 2.34. The smallest absolute Gasteiger partial charge is 0.394 e. The van der Waals surface area contributed by atoms with Crippen LogP contribution in [0.3, 0.4) is 0 Å². The van der Waals surface area contributed by atoms with Gasteiger partial charge in [0, 0.05) is 12.6 Å². The number of nitrogens with two attached hydrogens (primary N) is 2. The van der Waals surface area contributed by atoms with E-state index in [9.17, 15) is 18.0 Å². The Bertz CT molecular complexity index is 497. The van der Waals surface area contributed by atoms with Crippen LogP contribution in [0.1, 0.15) is 27.5 Å². The van der Waals surface area contributed by atoms with E-state index in [0.717, 1.165) is 18.2 Å². The van der Waals surface area contributed by atoms with Crippen molar-refractivity contribution < 1.29 is 18.0 Å². The van der Waals surface area contributed by atoms with E-state index in [1.54, 1.807) is 7.05 Å². The molecule has 0 saturated heterocycles. The van der Waals surface area contributed by atoms with Crippen LogP contribution in [0.5, 0.6) is 0 Å². The normalized spacial score (nSPS) is 13.5. The molecule has 0 aliphatic heterocycles. The van der Waals surface area contributed by atoms with Crippen molar-refractivity contribution >= 4 is 5.91 Å². The SMILES string of the molecule is CN/C=C\C(N)c1cc(C(N)=O)ccc1C(F)(F)F. The van der Waals surface area contributed by atoms with Crippen LogP contribution < -0.4 is 16.8 Å². The standard InChI is InChI=1S/C12H14F3N3O/c1-18-5-4-10(16)8-6-7(11(17)19)2-3-9(8)12(13,14)15/h2-6,10,18H,16H2,1H3,(H2,17,19)/b5-4-. The van der Waals surface area contributed by atoms with Crippen LogP contribution in [-0.2, 0) is 6.18 Å². The summed E-state index contributed by atoms with van der Waals surface area (Å²) in [7, 11) is 1.59. The number of amides is 1. The number of carbonyl (C=O) groups excluding carboxylic acids is 1. The van der Waals surface area contributed by atoms with Gasteiger partial charge in [0.25, 0.3) is 0 Å². The Morgan fingerprint density at radius 3 is 2.53 bits per heavy atom. The van der Waals surface area contributed by atoms with Crippen LogP contribution in [0.2, 0.25) is 0 Å². The van der Waals surface area contributed by atoms with Crippen molar-refractivity contribution in [3.8, 4) is 0 Å². The first-order valence-electron chi connectivity index (χ1n) is 5.38. The van der Waals surface area contributed by atoms with Gasteiger partial charge in [0.2, 0.25) is 5.91 Å². The van der Waals surface area contributed by atoms with Crippen molar-refractivity contribution in [3.05, 3.63) is 47.2 Å². The molecule has 0 saturated carbocycles. The van der Waals surface area contributed by atoms with E-state index in [1.807, 2.05) is 0 Å². The summed E-state index contributed by atoms with van der Waals surface area (Å²) in [5.41, 5.74) is 9.62. The zero-order chi connectivity index (χ0) is 14.6. The molecule has 0 aliphatic rings. The zero-order valence-electron chi connectivity index (χ0n) is 10.2. The fourth-order valence-corrected chi connectivity index (χ4v) is 1.55. The molecule has 0 heterocycles. The Hall–Kier alpha value is -2.02. The van der Waals surface area contributed by atoms with Crippen LogP contribution in [0, 0.1) is 0 Å². The molecule has 1 atom stereocenters. The number of alkyl halides is 3. The van der Waals surface area contributed by atoms with Crippen molar-refractivity contribution in [3.63, 3.8) is 0 Å². The summed E-state index contributed by atoms with van der Waals surface area (Å²) < 4.78 is 38.6. The first-order valence-corrected chi connectivity index (χ1v) is 5.38. The van der Waals surface area contributed by atoms with Gasteiger partial charge in [-0.2, -0.15) is 13.2 Å². The van der Waals surface area contributed by atoms with Crippen molar-refractivity contribution in [2.24, 2.45) is 11.5 Å². The molecule has 0 bridgehead atoms. The summed E-state index contributed by atoms with van der Waals surface area (Å²) in [5.74, 6) is -0.806. The number of hydrogen-bond acceptors (Lipinski definition) is 3. The molecule has 1 amide bonds. The summed E-state index contributed by atoms with van der Waals surface area (Å²) in [4.78, 5) is 11.0. The molecule has 5 N–H and O–H groups in total. The van der Waals surface area contributed by atoms with Crippen LogP contribution in [-0.4, -0.2) is 13.0 Å². The molecular formula is C12H14F3N3O. The number of benzene rings is 1. The van der Waals surface area contributed by atoms with Gasteiger partial charge >= 0.3 is 6.18 Å². The number of primary amides is 1. The van der Waals surface area contributed by atoms with Crippen LogP contribution in [0.4, 0.5) is 13.2 Å². The Morgan fingerprint density at radius 2 is 2.05 bits per heavy atom. The molecule has 1 unspecified atom stereocenters. The van der Waals surface area contributed by atoms with E-state index in [0.29, 0.717) is 0 Å². The highest BCUT2D eigenvalue weighted by Crippen LogP contribution is 2.34. The fraction of sp³-hybridized carbons (Fsp3) is 0.250. The zero-order valence-corrected chi connectivity index (χ0v) is 10.2. The van der Waals surface area contributed by atoms with E-state index >= 15 is 0 Å². The van der Waals surface area contributed by atoms with Crippen molar-refractivity contribution in [1.82, 2.24) is 5.32 Å². The quantitative estimate of drug-likeness (QED) is 0.778.